The maximum absolute atomic E-state index is 5.05. The van der Waals surface area contributed by atoms with Crippen molar-refractivity contribution >= 4 is 28.4 Å². The van der Waals surface area contributed by atoms with Gasteiger partial charge in [-0.15, -0.1) is 0 Å². The van der Waals surface area contributed by atoms with E-state index in [4.69, 9.17) is 17.0 Å². The smallest absolute Gasteiger partial charge is 0.220 e. The first-order valence-electron chi connectivity index (χ1n) is 2.66. The zero-order valence-electron chi connectivity index (χ0n) is 4.72. The second-order valence-electron chi connectivity index (χ2n) is 1.71. The average Bonchev–Trinajstić information content (AvgIpc) is 2.14. The summed E-state index contributed by atoms with van der Waals surface area (Å²) in [5.41, 5.74) is 0. The molecule has 1 aliphatic heterocycles. The molecule has 1 heterocycles. The second-order valence-corrected chi connectivity index (χ2v) is 3.61. The van der Waals surface area contributed by atoms with E-state index in [0.717, 1.165) is 17.4 Å². The fourth-order valence-corrected chi connectivity index (χ4v) is 1.75. The summed E-state index contributed by atoms with van der Waals surface area (Å²) in [6.45, 7) is 2.97. The first kappa shape index (κ1) is 6.36. The molecule has 0 amide bonds. The van der Waals surface area contributed by atoms with Gasteiger partial charge in [-0.1, -0.05) is 18.7 Å². The molecular weight excluding hydrogens is 140 g/mol. The predicted octanol–water partition coefficient (Wildman–Crippen LogP) is 1.81. The summed E-state index contributed by atoms with van der Waals surface area (Å²) in [6, 6.07) is 0. The monoisotopic (exact) mass is 148 g/mol. The zero-order chi connectivity index (χ0) is 5.98. The zero-order valence-corrected chi connectivity index (χ0v) is 6.35. The minimum atomic E-state index is 0.627. The Morgan fingerprint density at radius 1 is 2.00 bits per heavy atom. The van der Waals surface area contributed by atoms with Crippen LogP contribution >= 0.6 is 24.0 Å². The Balaban J connectivity index is 2.32. The van der Waals surface area contributed by atoms with Gasteiger partial charge in [0.25, 0.3) is 0 Å². The Bertz CT molecular complexity index is 103. The quantitative estimate of drug-likeness (QED) is 0.525. The van der Waals surface area contributed by atoms with Crippen LogP contribution in [-0.4, -0.2) is 16.2 Å². The number of hydrogen-bond donors (Lipinski definition) is 0. The molecule has 1 unspecified atom stereocenters. The van der Waals surface area contributed by atoms with Crippen LogP contribution in [0.4, 0.5) is 0 Å². The maximum atomic E-state index is 5.05. The van der Waals surface area contributed by atoms with Gasteiger partial charge in [0.1, 0.15) is 6.61 Å². The lowest BCUT2D eigenvalue weighted by Crippen LogP contribution is -1.98. The SMILES string of the molecule is CCC1COC(=S)S1. The van der Waals surface area contributed by atoms with Crippen LogP contribution in [0.15, 0.2) is 0 Å². The molecule has 8 heavy (non-hydrogen) atoms. The van der Waals surface area contributed by atoms with Crippen molar-refractivity contribution in [2.45, 2.75) is 18.6 Å². The van der Waals surface area contributed by atoms with E-state index in [2.05, 4.69) is 6.92 Å². The molecule has 0 aromatic carbocycles. The molecule has 0 spiro atoms. The van der Waals surface area contributed by atoms with Crippen LogP contribution in [0, 0.1) is 0 Å². The Morgan fingerprint density at radius 3 is 3.00 bits per heavy atom. The van der Waals surface area contributed by atoms with Gasteiger partial charge in [-0.3, -0.25) is 0 Å². The van der Waals surface area contributed by atoms with Crippen LogP contribution in [0.1, 0.15) is 13.3 Å². The standard InChI is InChI=1S/C5H8OS2/c1-2-4-3-6-5(7)8-4/h4H,2-3H2,1H3. The fourth-order valence-electron chi connectivity index (χ4n) is 0.566. The molecule has 3 heteroatoms. The lowest BCUT2D eigenvalue weighted by atomic mass is 10.3. The highest BCUT2D eigenvalue weighted by atomic mass is 32.2. The van der Waals surface area contributed by atoms with Crippen LogP contribution in [0.3, 0.4) is 0 Å². The third-order valence-electron chi connectivity index (χ3n) is 1.11. The lowest BCUT2D eigenvalue weighted by molar-refractivity contribution is 0.333. The number of thiocarbonyl (C=S) groups is 1. The van der Waals surface area contributed by atoms with Crippen molar-refractivity contribution in [1.82, 2.24) is 0 Å². The molecule has 0 aromatic rings. The number of rotatable bonds is 1. The summed E-state index contributed by atoms with van der Waals surface area (Å²) in [4.78, 5) is 0. The third kappa shape index (κ3) is 1.36. The average molecular weight is 148 g/mol. The van der Waals surface area contributed by atoms with E-state index in [1.165, 1.54) is 0 Å². The highest BCUT2D eigenvalue weighted by Crippen LogP contribution is 2.24. The van der Waals surface area contributed by atoms with E-state index >= 15 is 0 Å². The minimum absolute atomic E-state index is 0.627. The van der Waals surface area contributed by atoms with Crippen molar-refractivity contribution in [3.8, 4) is 0 Å². The van der Waals surface area contributed by atoms with Crippen LogP contribution in [0.5, 0.6) is 0 Å². The molecule has 46 valence electrons. The van der Waals surface area contributed by atoms with Crippen molar-refractivity contribution < 1.29 is 4.74 Å². The molecular formula is C5H8OS2. The summed E-state index contributed by atoms with van der Waals surface area (Å²) in [7, 11) is 0. The summed E-state index contributed by atoms with van der Waals surface area (Å²) < 4.78 is 5.77. The van der Waals surface area contributed by atoms with E-state index in [0.29, 0.717) is 5.25 Å². The van der Waals surface area contributed by atoms with Crippen LogP contribution in [0.2, 0.25) is 0 Å². The van der Waals surface area contributed by atoms with E-state index < -0.39 is 0 Å². The van der Waals surface area contributed by atoms with Crippen LogP contribution in [-0.2, 0) is 4.74 Å². The summed E-state index contributed by atoms with van der Waals surface area (Å²) >= 11 is 6.48. The first-order chi connectivity index (χ1) is 3.83. The summed E-state index contributed by atoms with van der Waals surface area (Å²) in [5, 5.41) is 0.627. The molecule has 0 bridgehead atoms. The van der Waals surface area contributed by atoms with Crippen molar-refractivity contribution in [2.24, 2.45) is 0 Å². The Morgan fingerprint density at radius 2 is 2.75 bits per heavy atom. The number of ether oxygens (including phenoxy) is 1. The predicted molar refractivity (Wildman–Crippen MR) is 40.2 cm³/mol. The molecule has 0 N–H and O–H groups in total. The molecule has 0 aromatic heterocycles. The highest BCUT2D eigenvalue weighted by molar-refractivity contribution is 8.23. The maximum Gasteiger partial charge on any atom is 0.220 e. The van der Waals surface area contributed by atoms with Crippen molar-refractivity contribution in [2.75, 3.05) is 6.61 Å². The van der Waals surface area contributed by atoms with Gasteiger partial charge < -0.3 is 4.74 Å². The Kier molecular flexibility index (Phi) is 2.14. The van der Waals surface area contributed by atoms with E-state index in [1.54, 1.807) is 11.8 Å². The second kappa shape index (κ2) is 2.69. The molecule has 1 rings (SSSR count). The molecule has 1 atom stereocenters. The first-order valence-corrected chi connectivity index (χ1v) is 3.95. The van der Waals surface area contributed by atoms with Gasteiger partial charge in [0.05, 0.1) is 0 Å². The lowest BCUT2D eigenvalue weighted by Gasteiger charge is -1.95. The van der Waals surface area contributed by atoms with Gasteiger partial charge in [-0.05, 0) is 18.6 Å². The van der Waals surface area contributed by atoms with Crippen molar-refractivity contribution in [1.29, 1.82) is 0 Å². The van der Waals surface area contributed by atoms with Gasteiger partial charge in [-0.25, -0.2) is 0 Å². The molecule has 0 radical (unpaired) electrons. The van der Waals surface area contributed by atoms with Crippen LogP contribution in [0.25, 0.3) is 0 Å². The van der Waals surface area contributed by atoms with E-state index in [-0.39, 0.29) is 0 Å². The molecule has 1 aliphatic rings. The fraction of sp³-hybridized carbons (Fsp3) is 0.800. The largest absolute Gasteiger partial charge is 0.477 e. The molecule has 1 fully saturated rings. The summed E-state index contributed by atoms with van der Waals surface area (Å²) in [6.07, 6.45) is 1.16. The molecule has 0 saturated carbocycles. The molecule has 1 saturated heterocycles. The van der Waals surface area contributed by atoms with Gasteiger partial charge in [-0.2, -0.15) is 0 Å². The van der Waals surface area contributed by atoms with Crippen molar-refractivity contribution in [3.63, 3.8) is 0 Å². The van der Waals surface area contributed by atoms with E-state index in [9.17, 15) is 0 Å². The normalized spacial score (nSPS) is 28.1. The Labute approximate surface area is 58.8 Å². The topological polar surface area (TPSA) is 9.23 Å². The highest BCUT2D eigenvalue weighted by Gasteiger charge is 2.18. The molecule has 0 aliphatic carbocycles. The van der Waals surface area contributed by atoms with Gasteiger partial charge in [0.15, 0.2) is 0 Å². The van der Waals surface area contributed by atoms with Crippen LogP contribution < -0.4 is 0 Å². The number of hydrogen-bond acceptors (Lipinski definition) is 3. The van der Waals surface area contributed by atoms with E-state index in [1.807, 2.05) is 0 Å². The summed E-state index contributed by atoms with van der Waals surface area (Å²) in [5.74, 6) is 0. The Hall–Kier alpha value is 0.240. The van der Waals surface area contributed by atoms with Gasteiger partial charge in [0.2, 0.25) is 4.38 Å². The van der Waals surface area contributed by atoms with Gasteiger partial charge >= 0.3 is 0 Å². The minimum Gasteiger partial charge on any atom is -0.477 e. The van der Waals surface area contributed by atoms with Crippen molar-refractivity contribution in [3.05, 3.63) is 0 Å². The van der Waals surface area contributed by atoms with Gasteiger partial charge in [0, 0.05) is 5.25 Å². The number of thioether (sulfide) groups is 1. The molecule has 1 nitrogen and oxygen atoms in total. The third-order valence-corrected chi connectivity index (χ3v) is 2.62.